The molecule has 2 aromatic heterocycles. The predicted octanol–water partition coefficient (Wildman–Crippen LogP) is 2.86. The van der Waals surface area contributed by atoms with E-state index in [0.29, 0.717) is 12.6 Å². The Hall–Kier alpha value is -2.20. The number of aromatic nitrogens is 3. The van der Waals surface area contributed by atoms with Gasteiger partial charge in [0.15, 0.2) is 0 Å². The molecule has 0 amide bonds. The Morgan fingerprint density at radius 2 is 2.00 bits per heavy atom. The maximum atomic E-state index is 6.08. The van der Waals surface area contributed by atoms with E-state index in [-0.39, 0.29) is 5.92 Å². The molecule has 0 spiro atoms. The van der Waals surface area contributed by atoms with Crippen LogP contribution in [0.1, 0.15) is 36.2 Å². The average Bonchev–Trinajstić information content (AvgIpc) is 3.30. The topological polar surface area (TPSA) is 56.7 Å². The van der Waals surface area contributed by atoms with E-state index < -0.39 is 0 Å². The van der Waals surface area contributed by atoms with Gasteiger partial charge in [0.1, 0.15) is 11.3 Å². The minimum Gasteiger partial charge on any atom is -0.329 e. The Morgan fingerprint density at radius 3 is 2.71 bits per heavy atom. The van der Waals surface area contributed by atoms with Crippen molar-refractivity contribution in [2.45, 2.75) is 24.8 Å². The fourth-order valence-corrected chi connectivity index (χ4v) is 3.01. The van der Waals surface area contributed by atoms with Gasteiger partial charge in [-0.3, -0.25) is 4.98 Å². The van der Waals surface area contributed by atoms with Gasteiger partial charge in [-0.1, -0.05) is 30.3 Å². The van der Waals surface area contributed by atoms with Crippen LogP contribution in [0.25, 0.3) is 11.0 Å². The number of nitrogens with zero attached hydrogens (tertiary/aromatic N) is 3. The maximum Gasteiger partial charge on any atom is 0.119 e. The minimum atomic E-state index is 0.138. The number of nitrogens with two attached hydrogens (primary N) is 1. The van der Waals surface area contributed by atoms with Crippen LogP contribution in [0, 0.1) is 0 Å². The second kappa shape index (κ2) is 4.97. The zero-order chi connectivity index (χ0) is 14.2. The molecule has 4 nitrogen and oxygen atoms in total. The quantitative estimate of drug-likeness (QED) is 0.798. The lowest BCUT2D eigenvalue weighted by atomic mass is 9.98. The van der Waals surface area contributed by atoms with Crippen molar-refractivity contribution in [2.24, 2.45) is 5.73 Å². The number of fused-ring (bicyclic) bond motifs is 1. The van der Waals surface area contributed by atoms with Crippen LogP contribution in [0.2, 0.25) is 0 Å². The van der Waals surface area contributed by atoms with Crippen LogP contribution in [-0.2, 0) is 0 Å². The van der Waals surface area contributed by atoms with Gasteiger partial charge in [-0.2, -0.15) is 0 Å². The Morgan fingerprint density at radius 1 is 1.19 bits per heavy atom. The molecule has 1 aliphatic rings. The first-order chi connectivity index (χ1) is 10.4. The van der Waals surface area contributed by atoms with Crippen LogP contribution in [0.15, 0.2) is 48.8 Å². The zero-order valence-electron chi connectivity index (χ0n) is 11.8. The summed E-state index contributed by atoms with van der Waals surface area (Å²) in [5, 5.41) is 0. The lowest BCUT2D eigenvalue weighted by Gasteiger charge is -2.17. The fourth-order valence-electron chi connectivity index (χ4n) is 3.01. The summed E-state index contributed by atoms with van der Waals surface area (Å²) in [5.74, 6) is 1.22. The highest BCUT2D eigenvalue weighted by molar-refractivity contribution is 5.75. The summed E-state index contributed by atoms with van der Waals surface area (Å²) in [6, 6.07) is 13.0. The highest BCUT2D eigenvalue weighted by Crippen LogP contribution is 2.40. The van der Waals surface area contributed by atoms with Crippen LogP contribution in [0.4, 0.5) is 0 Å². The number of hydrogen-bond donors (Lipinski definition) is 1. The molecule has 4 heteroatoms. The van der Waals surface area contributed by atoms with Gasteiger partial charge in [0.25, 0.3) is 0 Å². The van der Waals surface area contributed by atoms with E-state index in [1.807, 2.05) is 18.5 Å². The third-order valence-electron chi connectivity index (χ3n) is 4.18. The summed E-state index contributed by atoms with van der Waals surface area (Å²) in [6.45, 7) is 0.563. The van der Waals surface area contributed by atoms with Gasteiger partial charge in [-0.25, -0.2) is 4.98 Å². The van der Waals surface area contributed by atoms with E-state index >= 15 is 0 Å². The number of hydrogen-bond acceptors (Lipinski definition) is 3. The molecule has 1 unspecified atom stereocenters. The number of rotatable bonds is 4. The summed E-state index contributed by atoms with van der Waals surface area (Å²) < 4.78 is 2.38. The maximum absolute atomic E-state index is 6.08. The molecule has 0 bridgehead atoms. The first-order valence-electron chi connectivity index (χ1n) is 7.45. The second-order valence-corrected chi connectivity index (χ2v) is 5.63. The van der Waals surface area contributed by atoms with Gasteiger partial charge in [-0.15, -0.1) is 0 Å². The van der Waals surface area contributed by atoms with Crippen LogP contribution in [0.5, 0.6) is 0 Å². The van der Waals surface area contributed by atoms with Gasteiger partial charge >= 0.3 is 0 Å². The van der Waals surface area contributed by atoms with E-state index in [4.69, 9.17) is 10.7 Å². The highest BCUT2D eigenvalue weighted by Gasteiger charge is 2.31. The monoisotopic (exact) mass is 278 g/mol. The van der Waals surface area contributed by atoms with Crippen molar-refractivity contribution in [2.75, 3.05) is 6.54 Å². The minimum absolute atomic E-state index is 0.138. The summed E-state index contributed by atoms with van der Waals surface area (Å²) >= 11 is 0. The fraction of sp³-hybridized carbons (Fsp3) is 0.294. The molecule has 0 aliphatic heterocycles. The van der Waals surface area contributed by atoms with Crippen molar-refractivity contribution in [3.8, 4) is 0 Å². The van der Waals surface area contributed by atoms with E-state index in [1.54, 1.807) is 0 Å². The van der Waals surface area contributed by atoms with Crippen molar-refractivity contribution in [3.05, 3.63) is 60.2 Å². The molecule has 4 rings (SSSR count). The normalized spacial score (nSPS) is 16.2. The molecule has 21 heavy (non-hydrogen) atoms. The standard InChI is InChI=1S/C17H18N4/c18-10-14(12-4-2-1-3-5-12)17-20-15-11-19-9-8-16(15)21(17)13-6-7-13/h1-5,8-9,11,13-14H,6-7,10,18H2. The summed E-state index contributed by atoms with van der Waals surface area (Å²) in [6.07, 6.45) is 6.14. The molecule has 1 fully saturated rings. The third-order valence-corrected chi connectivity index (χ3v) is 4.18. The van der Waals surface area contributed by atoms with Crippen molar-refractivity contribution >= 4 is 11.0 Å². The first kappa shape index (κ1) is 12.5. The molecule has 1 aliphatic carbocycles. The Bertz CT molecular complexity index is 759. The largest absolute Gasteiger partial charge is 0.329 e. The SMILES string of the molecule is NCC(c1ccccc1)c1nc2cnccc2n1C1CC1. The first-order valence-corrected chi connectivity index (χ1v) is 7.45. The molecule has 2 heterocycles. The number of benzene rings is 1. The molecule has 2 N–H and O–H groups in total. The Labute approximate surface area is 123 Å². The lowest BCUT2D eigenvalue weighted by Crippen LogP contribution is -2.18. The zero-order valence-corrected chi connectivity index (χ0v) is 11.8. The van der Waals surface area contributed by atoms with E-state index in [0.717, 1.165) is 11.3 Å². The molecule has 3 aromatic rings. The Balaban J connectivity index is 1.90. The lowest BCUT2D eigenvalue weighted by molar-refractivity contribution is 0.649. The van der Waals surface area contributed by atoms with Crippen molar-refractivity contribution in [3.63, 3.8) is 0 Å². The summed E-state index contributed by atoms with van der Waals surface area (Å²) in [7, 11) is 0. The van der Waals surface area contributed by atoms with E-state index in [9.17, 15) is 0 Å². The molecule has 0 radical (unpaired) electrons. The van der Waals surface area contributed by atoms with Crippen LogP contribution in [-0.4, -0.2) is 21.1 Å². The second-order valence-electron chi connectivity index (χ2n) is 5.63. The van der Waals surface area contributed by atoms with Gasteiger partial charge < -0.3 is 10.3 Å². The molecule has 1 atom stereocenters. The number of imidazole rings is 1. The van der Waals surface area contributed by atoms with Gasteiger partial charge in [0.05, 0.1) is 17.6 Å². The molecule has 0 saturated heterocycles. The smallest absolute Gasteiger partial charge is 0.119 e. The summed E-state index contributed by atoms with van der Waals surface area (Å²) in [4.78, 5) is 9.04. The average molecular weight is 278 g/mol. The molecular formula is C17H18N4. The third kappa shape index (κ3) is 2.12. The van der Waals surface area contributed by atoms with Crippen LogP contribution in [0.3, 0.4) is 0 Å². The van der Waals surface area contributed by atoms with Crippen molar-refractivity contribution in [1.29, 1.82) is 0 Å². The van der Waals surface area contributed by atoms with E-state index in [1.165, 1.54) is 23.9 Å². The highest BCUT2D eigenvalue weighted by atomic mass is 15.1. The van der Waals surface area contributed by atoms with Gasteiger partial charge in [-0.05, 0) is 24.5 Å². The van der Waals surface area contributed by atoms with Crippen molar-refractivity contribution < 1.29 is 0 Å². The molecule has 1 aromatic carbocycles. The molecule has 1 saturated carbocycles. The van der Waals surface area contributed by atoms with Gasteiger partial charge in [0.2, 0.25) is 0 Å². The van der Waals surface area contributed by atoms with Crippen molar-refractivity contribution in [1.82, 2.24) is 14.5 Å². The van der Waals surface area contributed by atoms with Crippen LogP contribution >= 0.6 is 0 Å². The predicted molar refractivity (Wildman–Crippen MR) is 83.1 cm³/mol. The molecular weight excluding hydrogens is 260 g/mol. The summed E-state index contributed by atoms with van der Waals surface area (Å²) in [5.41, 5.74) is 9.45. The number of pyridine rings is 1. The van der Waals surface area contributed by atoms with Crippen LogP contribution < -0.4 is 5.73 Å². The molecule has 106 valence electrons. The Kier molecular flexibility index (Phi) is 2.97. The van der Waals surface area contributed by atoms with E-state index in [2.05, 4.69) is 39.9 Å². The van der Waals surface area contributed by atoms with Gasteiger partial charge in [0, 0.05) is 18.8 Å².